The number of fused-ring (bicyclic) bond motifs is 1. The molecule has 0 heterocycles. The Balaban J connectivity index is 2.68. The summed E-state index contributed by atoms with van der Waals surface area (Å²) in [6, 6.07) is 11.0. The van der Waals surface area contributed by atoms with Gasteiger partial charge in [0.25, 0.3) is 0 Å². The van der Waals surface area contributed by atoms with Crippen molar-refractivity contribution in [2.24, 2.45) is 0 Å². The Hall–Kier alpha value is -2.03. The number of carbonyl (C=O) groups is 1. The third-order valence-corrected chi connectivity index (χ3v) is 2.47. The molecule has 1 N–H and O–H groups in total. The summed E-state index contributed by atoms with van der Waals surface area (Å²) in [6.07, 6.45) is -0.0470. The van der Waals surface area contributed by atoms with Gasteiger partial charge in [0.15, 0.2) is 0 Å². The summed E-state index contributed by atoms with van der Waals surface area (Å²) in [5.41, 5.74) is 0.233. The highest BCUT2D eigenvalue weighted by Crippen LogP contribution is 2.28. The van der Waals surface area contributed by atoms with Crippen molar-refractivity contribution in [3.8, 4) is 5.75 Å². The van der Waals surface area contributed by atoms with E-state index in [1.807, 2.05) is 38.1 Å². The fourth-order valence-corrected chi connectivity index (χ4v) is 1.82. The van der Waals surface area contributed by atoms with Gasteiger partial charge in [-0.3, -0.25) is 0 Å². The molecule has 2 aromatic carbocycles. The number of ether oxygens (including phenoxy) is 1. The van der Waals surface area contributed by atoms with Gasteiger partial charge in [0.1, 0.15) is 11.3 Å². The number of rotatable bonds is 3. The first-order valence-electron chi connectivity index (χ1n) is 5.51. The molecule has 0 amide bonds. The Morgan fingerprint density at radius 2 is 1.88 bits per heavy atom. The van der Waals surface area contributed by atoms with Gasteiger partial charge in [0, 0.05) is 0 Å². The molecule has 0 aliphatic carbocycles. The van der Waals surface area contributed by atoms with Crippen LogP contribution in [0.15, 0.2) is 36.4 Å². The maximum absolute atomic E-state index is 11.3. The SMILES string of the molecule is CC(C)Oc1ccc2ccccc2c1C(=O)O. The molecule has 88 valence electrons. The van der Waals surface area contributed by atoms with E-state index in [4.69, 9.17) is 4.74 Å². The number of hydrogen-bond acceptors (Lipinski definition) is 2. The molecule has 0 saturated carbocycles. The lowest BCUT2D eigenvalue weighted by Gasteiger charge is -2.13. The minimum absolute atomic E-state index is 0.0470. The molecule has 0 atom stereocenters. The first-order valence-corrected chi connectivity index (χ1v) is 5.51. The van der Waals surface area contributed by atoms with E-state index in [-0.39, 0.29) is 11.7 Å². The van der Waals surface area contributed by atoms with E-state index in [1.165, 1.54) is 0 Å². The minimum atomic E-state index is -0.961. The molecule has 2 rings (SSSR count). The second kappa shape index (κ2) is 4.45. The van der Waals surface area contributed by atoms with Crippen LogP contribution in [-0.2, 0) is 0 Å². The molecule has 0 spiro atoms. The first-order chi connectivity index (χ1) is 8.09. The molecule has 0 aliphatic heterocycles. The maximum atomic E-state index is 11.3. The summed E-state index contributed by atoms with van der Waals surface area (Å²) in [7, 11) is 0. The van der Waals surface area contributed by atoms with E-state index in [9.17, 15) is 9.90 Å². The Bertz CT molecular complexity index is 558. The molecule has 0 aliphatic rings. The molecule has 3 heteroatoms. The van der Waals surface area contributed by atoms with Crippen molar-refractivity contribution in [3.05, 3.63) is 42.0 Å². The fraction of sp³-hybridized carbons (Fsp3) is 0.214. The number of carboxylic acid groups (broad SMARTS) is 1. The highest BCUT2D eigenvalue weighted by molar-refractivity contribution is 6.06. The summed E-state index contributed by atoms with van der Waals surface area (Å²) in [6.45, 7) is 3.75. The van der Waals surface area contributed by atoms with Gasteiger partial charge in [-0.15, -0.1) is 0 Å². The number of carboxylic acids is 1. The highest BCUT2D eigenvalue weighted by Gasteiger charge is 2.16. The summed E-state index contributed by atoms with van der Waals surface area (Å²) >= 11 is 0. The van der Waals surface area contributed by atoms with Gasteiger partial charge in [-0.2, -0.15) is 0 Å². The molecule has 3 nitrogen and oxygen atoms in total. The lowest BCUT2D eigenvalue weighted by Crippen LogP contribution is -2.10. The summed E-state index contributed by atoms with van der Waals surface area (Å²) in [5, 5.41) is 10.9. The van der Waals surface area contributed by atoms with E-state index < -0.39 is 5.97 Å². The molecular formula is C14H14O3. The zero-order chi connectivity index (χ0) is 12.4. The van der Waals surface area contributed by atoms with Crippen molar-refractivity contribution >= 4 is 16.7 Å². The predicted molar refractivity (Wildman–Crippen MR) is 66.7 cm³/mol. The predicted octanol–water partition coefficient (Wildman–Crippen LogP) is 3.33. The smallest absolute Gasteiger partial charge is 0.340 e. The van der Waals surface area contributed by atoms with Crippen molar-refractivity contribution in [1.82, 2.24) is 0 Å². The van der Waals surface area contributed by atoms with Crippen molar-refractivity contribution in [2.75, 3.05) is 0 Å². The van der Waals surface area contributed by atoms with Gasteiger partial charge in [0.2, 0.25) is 0 Å². The average molecular weight is 230 g/mol. The average Bonchev–Trinajstić information content (AvgIpc) is 2.27. The maximum Gasteiger partial charge on any atom is 0.340 e. The van der Waals surface area contributed by atoms with Crippen molar-refractivity contribution < 1.29 is 14.6 Å². The van der Waals surface area contributed by atoms with Crippen LogP contribution in [0.4, 0.5) is 0 Å². The van der Waals surface area contributed by atoms with Crippen LogP contribution >= 0.6 is 0 Å². The normalized spacial score (nSPS) is 10.8. The number of aromatic carboxylic acids is 1. The summed E-state index contributed by atoms with van der Waals surface area (Å²) < 4.78 is 5.53. The van der Waals surface area contributed by atoms with E-state index in [0.29, 0.717) is 11.1 Å². The van der Waals surface area contributed by atoms with Crippen LogP contribution in [0.2, 0.25) is 0 Å². The third-order valence-electron chi connectivity index (χ3n) is 2.47. The Morgan fingerprint density at radius 3 is 2.53 bits per heavy atom. The Morgan fingerprint density at radius 1 is 1.18 bits per heavy atom. The Kier molecular flexibility index (Phi) is 3.00. The molecule has 0 unspecified atom stereocenters. The van der Waals surface area contributed by atoms with Gasteiger partial charge in [0.05, 0.1) is 6.10 Å². The molecule has 17 heavy (non-hydrogen) atoms. The quantitative estimate of drug-likeness (QED) is 0.879. The van der Waals surface area contributed by atoms with Gasteiger partial charge >= 0.3 is 5.97 Å². The summed E-state index contributed by atoms with van der Waals surface area (Å²) in [4.78, 5) is 11.3. The largest absolute Gasteiger partial charge is 0.490 e. The zero-order valence-corrected chi connectivity index (χ0v) is 9.81. The van der Waals surface area contributed by atoms with E-state index in [0.717, 1.165) is 5.39 Å². The van der Waals surface area contributed by atoms with Gasteiger partial charge in [-0.05, 0) is 30.7 Å². The van der Waals surface area contributed by atoms with Crippen LogP contribution < -0.4 is 4.74 Å². The molecule has 0 bridgehead atoms. The molecule has 0 fully saturated rings. The first kappa shape index (κ1) is 11.5. The number of benzene rings is 2. The van der Waals surface area contributed by atoms with Crippen LogP contribution in [0.25, 0.3) is 10.8 Å². The van der Waals surface area contributed by atoms with Crippen LogP contribution in [0.5, 0.6) is 5.75 Å². The van der Waals surface area contributed by atoms with Crippen molar-refractivity contribution in [3.63, 3.8) is 0 Å². The highest BCUT2D eigenvalue weighted by atomic mass is 16.5. The molecule has 0 saturated heterocycles. The van der Waals surface area contributed by atoms with Crippen LogP contribution in [0, 0.1) is 0 Å². The lowest BCUT2D eigenvalue weighted by molar-refractivity contribution is 0.0693. The van der Waals surface area contributed by atoms with Crippen molar-refractivity contribution in [2.45, 2.75) is 20.0 Å². The monoisotopic (exact) mass is 230 g/mol. The van der Waals surface area contributed by atoms with Gasteiger partial charge in [-0.25, -0.2) is 4.79 Å². The summed E-state index contributed by atoms with van der Waals surface area (Å²) in [5.74, 6) is -0.538. The van der Waals surface area contributed by atoms with Gasteiger partial charge in [-0.1, -0.05) is 30.3 Å². The van der Waals surface area contributed by atoms with Crippen LogP contribution in [0.3, 0.4) is 0 Å². The second-order valence-electron chi connectivity index (χ2n) is 4.13. The van der Waals surface area contributed by atoms with Crippen molar-refractivity contribution in [1.29, 1.82) is 0 Å². The Labute approximate surface area is 99.6 Å². The van der Waals surface area contributed by atoms with E-state index in [2.05, 4.69) is 0 Å². The fourth-order valence-electron chi connectivity index (χ4n) is 1.82. The topological polar surface area (TPSA) is 46.5 Å². The van der Waals surface area contributed by atoms with E-state index >= 15 is 0 Å². The van der Waals surface area contributed by atoms with Crippen LogP contribution in [-0.4, -0.2) is 17.2 Å². The third kappa shape index (κ3) is 2.23. The standard InChI is InChI=1S/C14H14O3/c1-9(2)17-12-8-7-10-5-3-4-6-11(10)13(12)14(15)16/h3-9H,1-2H3,(H,15,16). The molecular weight excluding hydrogens is 216 g/mol. The molecule has 2 aromatic rings. The van der Waals surface area contributed by atoms with Crippen LogP contribution in [0.1, 0.15) is 24.2 Å². The second-order valence-corrected chi connectivity index (χ2v) is 4.13. The van der Waals surface area contributed by atoms with Gasteiger partial charge < -0.3 is 9.84 Å². The minimum Gasteiger partial charge on any atom is -0.490 e. The zero-order valence-electron chi connectivity index (χ0n) is 9.81. The molecule has 0 aromatic heterocycles. The number of hydrogen-bond donors (Lipinski definition) is 1. The van der Waals surface area contributed by atoms with E-state index in [1.54, 1.807) is 12.1 Å². The lowest BCUT2D eigenvalue weighted by atomic mass is 10.0. The molecule has 0 radical (unpaired) electrons.